The van der Waals surface area contributed by atoms with Gasteiger partial charge in [-0.15, -0.1) is 0 Å². The Morgan fingerprint density at radius 1 is 0.968 bits per heavy atom. The third kappa shape index (κ3) is 5.63. The van der Waals surface area contributed by atoms with Gasteiger partial charge in [-0.05, 0) is 67.6 Å². The van der Waals surface area contributed by atoms with E-state index in [1.165, 1.54) is 0 Å². The molecule has 0 saturated heterocycles. The van der Waals surface area contributed by atoms with Gasteiger partial charge >= 0.3 is 5.97 Å². The second-order valence-electron chi connectivity index (χ2n) is 8.02. The van der Waals surface area contributed by atoms with Gasteiger partial charge in [0.05, 0.1) is 12.7 Å². The van der Waals surface area contributed by atoms with Crippen LogP contribution in [-0.4, -0.2) is 42.4 Å². The number of anilines is 1. The summed E-state index contributed by atoms with van der Waals surface area (Å²) in [5, 5.41) is 2.83. The normalized spacial score (nSPS) is 15.1. The lowest BCUT2D eigenvalue weighted by molar-refractivity contribution is -0.135. The first-order valence-electron chi connectivity index (χ1n) is 10.5. The second-order valence-corrected chi connectivity index (χ2v) is 8.02. The summed E-state index contributed by atoms with van der Waals surface area (Å²) >= 11 is 0. The molecule has 4 rings (SSSR count). The molecule has 0 aliphatic heterocycles. The minimum absolute atomic E-state index is 0.0120. The first-order valence-corrected chi connectivity index (χ1v) is 10.5. The lowest BCUT2D eigenvalue weighted by atomic mass is 10.2. The summed E-state index contributed by atoms with van der Waals surface area (Å²) in [7, 11) is 1.61. The summed E-state index contributed by atoms with van der Waals surface area (Å²) in [6, 6.07) is 14.3. The Kier molecular flexibility index (Phi) is 6.21. The molecule has 2 aliphatic rings. The summed E-state index contributed by atoms with van der Waals surface area (Å²) in [5.41, 5.74) is 1.98. The number of hydrogen-bond acceptors (Lipinski definition) is 5. The van der Waals surface area contributed by atoms with E-state index in [2.05, 4.69) is 5.32 Å². The molecule has 2 aromatic carbocycles. The largest absolute Gasteiger partial charge is 0.497 e. The molecule has 2 aliphatic carbocycles. The van der Waals surface area contributed by atoms with Gasteiger partial charge in [-0.25, -0.2) is 4.79 Å². The highest BCUT2D eigenvalue weighted by Gasteiger charge is 2.33. The molecule has 1 N–H and O–H groups in total. The predicted octanol–water partition coefficient (Wildman–Crippen LogP) is 3.39. The summed E-state index contributed by atoms with van der Waals surface area (Å²) in [5.74, 6) is 0.120. The number of carbonyl (C=O) groups excluding carboxylic acids is 3. The van der Waals surface area contributed by atoms with Crippen molar-refractivity contribution in [3.8, 4) is 5.75 Å². The SMILES string of the molecule is COc1ccc(CN(C(=O)COC(=O)c2ccc(NC(=O)C3CC3)cc2)C2CC2)cc1. The standard InChI is InChI=1S/C24H26N2O5/c1-30-21-12-2-16(3-13-21)14-26(20-10-11-20)22(27)15-31-24(29)18-6-8-19(9-7-18)25-23(28)17-4-5-17/h2-3,6-9,12-13,17,20H,4-5,10-11,14-15H2,1H3,(H,25,28). The number of nitrogens with one attached hydrogen (secondary N) is 1. The van der Waals surface area contributed by atoms with Gasteiger partial charge in [-0.1, -0.05) is 12.1 Å². The van der Waals surface area contributed by atoms with E-state index in [4.69, 9.17) is 9.47 Å². The molecule has 0 bridgehead atoms. The number of nitrogens with zero attached hydrogens (tertiary/aromatic N) is 1. The molecule has 0 atom stereocenters. The van der Waals surface area contributed by atoms with Gasteiger partial charge in [0.15, 0.2) is 6.61 Å². The first kappa shape index (κ1) is 20.9. The van der Waals surface area contributed by atoms with Crippen molar-refractivity contribution in [2.45, 2.75) is 38.3 Å². The van der Waals surface area contributed by atoms with Crippen LogP contribution in [0.1, 0.15) is 41.6 Å². The molecular formula is C24H26N2O5. The summed E-state index contributed by atoms with van der Waals surface area (Å²) < 4.78 is 10.4. The minimum Gasteiger partial charge on any atom is -0.497 e. The Morgan fingerprint density at radius 2 is 1.65 bits per heavy atom. The molecule has 2 fully saturated rings. The highest BCUT2D eigenvalue weighted by atomic mass is 16.5. The van der Waals surface area contributed by atoms with Crippen LogP contribution in [0.25, 0.3) is 0 Å². The number of hydrogen-bond donors (Lipinski definition) is 1. The third-order valence-corrected chi connectivity index (χ3v) is 5.48. The lowest BCUT2D eigenvalue weighted by Crippen LogP contribution is -2.36. The van der Waals surface area contributed by atoms with Crippen LogP contribution in [0.3, 0.4) is 0 Å². The fourth-order valence-corrected chi connectivity index (χ4v) is 3.31. The number of rotatable bonds is 9. The van der Waals surface area contributed by atoms with E-state index >= 15 is 0 Å². The molecule has 162 valence electrons. The van der Waals surface area contributed by atoms with Crippen LogP contribution in [0, 0.1) is 5.92 Å². The Morgan fingerprint density at radius 3 is 2.23 bits per heavy atom. The van der Waals surface area contributed by atoms with E-state index in [-0.39, 0.29) is 30.4 Å². The van der Waals surface area contributed by atoms with Crippen LogP contribution in [0.4, 0.5) is 5.69 Å². The van der Waals surface area contributed by atoms with Crippen LogP contribution in [0.2, 0.25) is 0 Å². The van der Waals surface area contributed by atoms with E-state index in [1.807, 2.05) is 24.3 Å². The van der Waals surface area contributed by atoms with Gasteiger partial charge < -0.3 is 19.7 Å². The van der Waals surface area contributed by atoms with Gasteiger partial charge in [0.1, 0.15) is 5.75 Å². The minimum atomic E-state index is -0.561. The quantitative estimate of drug-likeness (QED) is 0.626. The monoisotopic (exact) mass is 422 g/mol. The van der Waals surface area contributed by atoms with E-state index in [0.717, 1.165) is 37.0 Å². The number of esters is 1. The smallest absolute Gasteiger partial charge is 0.338 e. The topological polar surface area (TPSA) is 84.9 Å². The van der Waals surface area contributed by atoms with E-state index in [9.17, 15) is 14.4 Å². The maximum atomic E-state index is 12.7. The molecule has 31 heavy (non-hydrogen) atoms. The van der Waals surface area contributed by atoms with Crippen molar-refractivity contribution in [2.24, 2.45) is 5.92 Å². The molecule has 2 amide bonds. The van der Waals surface area contributed by atoms with Crippen molar-refractivity contribution >= 4 is 23.5 Å². The molecule has 0 heterocycles. The number of benzene rings is 2. The van der Waals surface area contributed by atoms with Gasteiger partial charge in [0.25, 0.3) is 5.91 Å². The number of methoxy groups -OCH3 is 1. The summed E-state index contributed by atoms with van der Waals surface area (Å²) in [6.45, 7) is 0.173. The molecule has 2 saturated carbocycles. The molecule has 7 nitrogen and oxygen atoms in total. The van der Waals surface area contributed by atoms with Crippen molar-refractivity contribution in [3.05, 3.63) is 59.7 Å². The zero-order chi connectivity index (χ0) is 21.8. The maximum Gasteiger partial charge on any atom is 0.338 e. The molecule has 0 unspecified atom stereocenters. The Hall–Kier alpha value is -3.35. The van der Waals surface area contributed by atoms with Gasteiger partial charge in [-0.2, -0.15) is 0 Å². The van der Waals surface area contributed by atoms with Crippen molar-refractivity contribution in [1.29, 1.82) is 0 Å². The van der Waals surface area contributed by atoms with Crippen molar-refractivity contribution in [2.75, 3.05) is 19.0 Å². The van der Waals surface area contributed by atoms with E-state index < -0.39 is 5.97 Å². The van der Waals surface area contributed by atoms with Crippen molar-refractivity contribution in [3.63, 3.8) is 0 Å². The fourth-order valence-electron chi connectivity index (χ4n) is 3.31. The van der Waals surface area contributed by atoms with Crippen LogP contribution < -0.4 is 10.1 Å². The Bertz CT molecular complexity index is 947. The number of amides is 2. The average molecular weight is 422 g/mol. The molecule has 0 spiro atoms. The zero-order valence-electron chi connectivity index (χ0n) is 17.5. The molecule has 2 aromatic rings. The second kappa shape index (κ2) is 9.20. The Labute approximate surface area is 181 Å². The molecule has 0 aromatic heterocycles. The maximum absolute atomic E-state index is 12.7. The molecular weight excluding hydrogens is 396 g/mol. The third-order valence-electron chi connectivity index (χ3n) is 5.48. The number of ether oxygens (including phenoxy) is 2. The summed E-state index contributed by atoms with van der Waals surface area (Å²) in [6.07, 6.45) is 3.79. The average Bonchev–Trinajstić information content (AvgIpc) is 3.69. The van der Waals surface area contributed by atoms with Crippen molar-refractivity contribution in [1.82, 2.24) is 4.90 Å². The molecule has 7 heteroatoms. The first-order chi connectivity index (χ1) is 15.0. The van der Waals surface area contributed by atoms with Crippen LogP contribution in [0.15, 0.2) is 48.5 Å². The highest BCUT2D eigenvalue weighted by Crippen LogP contribution is 2.30. The van der Waals surface area contributed by atoms with Gasteiger partial charge in [0.2, 0.25) is 5.91 Å². The zero-order valence-corrected chi connectivity index (χ0v) is 17.5. The van der Waals surface area contributed by atoms with E-state index in [1.54, 1.807) is 36.3 Å². The van der Waals surface area contributed by atoms with Crippen LogP contribution >= 0.6 is 0 Å². The highest BCUT2D eigenvalue weighted by molar-refractivity contribution is 5.95. The fraction of sp³-hybridized carbons (Fsp3) is 0.375. The number of carbonyl (C=O) groups is 3. The predicted molar refractivity (Wildman–Crippen MR) is 115 cm³/mol. The van der Waals surface area contributed by atoms with Crippen LogP contribution in [-0.2, 0) is 20.9 Å². The van der Waals surface area contributed by atoms with Crippen molar-refractivity contribution < 1.29 is 23.9 Å². The molecule has 0 radical (unpaired) electrons. The van der Waals surface area contributed by atoms with Gasteiger partial charge in [-0.3, -0.25) is 9.59 Å². The van der Waals surface area contributed by atoms with E-state index in [0.29, 0.717) is 17.8 Å². The van der Waals surface area contributed by atoms with Gasteiger partial charge in [0, 0.05) is 24.2 Å². The Balaban J connectivity index is 1.29. The summed E-state index contributed by atoms with van der Waals surface area (Å²) in [4.78, 5) is 38.6. The lowest BCUT2D eigenvalue weighted by Gasteiger charge is -2.22. The van der Waals surface area contributed by atoms with Crippen LogP contribution in [0.5, 0.6) is 5.75 Å².